The van der Waals surface area contributed by atoms with Crippen molar-refractivity contribution in [3.8, 4) is 29.4 Å². The molecule has 0 fully saturated rings. The first-order valence-electron chi connectivity index (χ1n) is 8.52. The molecule has 2 aromatic rings. The molecule has 0 aliphatic carbocycles. The van der Waals surface area contributed by atoms with Gasteiger partial charge in [-0.25, -0.2) is 0 Å². The van der Waals surface area contributed by atoms with Crippen LogP contribution in [0, 0.1) is 33.3 Å². The first kappa shape index (κ1) is 22.5. The lowest BCUT2D eigenvalue weighted by molar-refractivity contribution is -0.386. The monoisotopic (exact) mass is 424 g/mol. The summed E-state index contributed by atoms with van der Waals surface area (Å²) in [4.78, 5) is 35.4. The Kier molecular flexibility index (Phi) is 6.65. The van der Waals surface area contributed by atoms with Crippen LogP contribution in [0.2, 0.25) is 0 Å². The number of aryl methyl sites for hydroxylation is 1. The van der Waals surface area contributed by atoms with Crippen LogP contribution in [0.15, 0.2) is 40.8 Å². The van der Waals surface area contributed by atoms with Crippen LogP contribution >= 0.6 is 0 Å². The number of amides is 1. The number of carbonyl (C=O) groups excluding carboxylic acids is 1. The van der Waals surface area contributed by atoms with Crippen molar-refractivity contribution in [3.63, 3.8) is 0 Å². The topological polar surface area (TPSA) is 170 Å². The van der Waals surface area contributed by atoms with Gasteiger partial charge in [0, 0.05) is 31.9 Å². The van der Waals surface area contributed by atoms with Gasteiger partial charge < -0.3 is 24.8 Å². The Morgan fingerprint density at radius 1 is 1.35 bits per heavy atom. The SMILES string of the molecule is CN(CC#Cc1cccn(C)c1=O)C(=O)/C(C#N)=C(\O)c1cc(O)c(O)c([N+](=O)[O-])c1. The van der Waals surface area contributed by atoms with Gasteiger partial charge in [-0.2, -0.15) is 5.26 Å². The van der Waals surface area contributed by atoms with Gasteiger partial charge in [0.05, 0.1) is 17.0 Å². The van der Waals surface area contributed by atoms with E-state index >= 15 is 0 Å². The first-order valence-corrected chi connectivity index (χ1v) is 8.52. The molecule has 11 heteroatoms. The average Bonchev–Trinajstić information content (AvgIpc) is 2.72. The Balaban J connectivity index is 2.34. The number of nitrogens with zero attached hydrogens (tertiary/aromatic N) is 4. The lowest BCUT2D eigenvalue weighted by Crippen LogP contribution is -2.29. The molecule has 0 spiro atoms. The standard InChI is InChI=1S/C20H16N4O7/c1-22-7-3-5-12(19(22)28)6-4-8-23(2)20(29)14(11-21)17(26)13-9-15(24(30)31)18(27)16(25)10-13/h3,5,7,9-10,25-27H,8H2,1-2H3/b17-14-. The molecule has 0 aliphatic heterocycles. The van der Waals surface area contributed by atoms with E-state index in [0.29, 0.717) is 6.07 Å². The largest absolute Gasteiger partial charge is 0.506 e. The van der Waals surface area contributed by atoms with Crippen LogP contribution in [0.3, 0.4) is 0 Å². The van der Waals surface area contributed by atoms with E-state index in [4.69, 9.17) is 0 Å². The van der Waals surface area contributed by atoms with Crippen molar-refractivity contribution in [2.45, 2.75) is 0 Å². The van der Waals surface area contributed by atoms with Crippen molar-refractivity contribution >= 4 is 17.4 Å². The predicted molar refractivity (Wildman–Crippen MR) is 108 cm³/mol. The Morgan fingerprint density at radius 3 is 2.65 bits per heavy atom. The van der Waals surface area contributed by atoms with E-state index in [9.17, 15) is 40.3 Å². The van der Waals surface area contributed by atoms with Crippen LogP contribution in [0.1, 0.15) is 11.1 Å². The molecule has 0 unspecified atom stereocenters. The fraction of sp³-hybridized carbons (Fsp3) is 0.150. The number of aliphatic hydroxyl groups is 1. The molecular formula is C20H16N4O7. The summed E-state index contributed by atoms with van der Waals surface area (Å²) in [6.45, 7) is -0.198. The molecule has 0 atom stereocenters. The molecule has 0 saturated heterocycles. The van der Waals surface area contributed by atoms with E-state index in [2.05, 4.69) is 11.8 Å². The molecule has 11 nitrogen and oxygen atoms in total. The minimum atomic E-state index is -1.02. The number of nitro benzene ring substituents is 1. The number of likely N-dealkylation sites (N-methyl/N-ethyl adjacent to an activating group) is 1. The summed E-state index contributed by atoms with van der Waals surface area (Å²) < 4.78 is 1.33. The second-order valence-corrected chi connectivity index (χ2v) is 6.26. The van der Waals surface area contributed by atoms with E-state index in [1.165, 1.54) is 23.8 Å². The van der Waals surface area contributed by atoms with Crippen LogP contribution in [0.25, 0.3) is 5.76 Å². The van der Waals surface area contributed by atoms with Gasteiger partial charge in [-0.05, 0) is 18.2 Å². The highest BCUT2D eigenvalue weighted by Crippen LogP contribution is 2.38. The maximum atomic E-state index is 12.5. The number of pyridine rings is 1. The molecule has 3 N–H and O–H groups in total. The molecule has 0 radical (unpaired) electrons. The third-order valence-electron chi connectivity index (χ3n) is 4.11. The zero-order valence-electron chi connectivity index (χ0n) is 16.4. The summed E-state index contributed by atoms with van der Waals surface area (Å²) in [5.74, 6) is 1.41. The number of phenols is 2. The summed E-state index contributed by atoms with van der Waals surface area (Å²) in [7, 11) is 2.85. The minimum Gasteiger partial charge on any atom is -0.506 e. The Hall–Kier alpha value is -4.77. The van der Waals surface area contributed by atoms with Crippen molar-refractivity contribution in [3.05, 3.63) is 67.6 Å². The number of hydrogen-bond acceptors (Lipinski definition) is 8. The molecule has 31 heavy (non-hydrogen) atoms. The Bertz CT molecular complexity index is 1260. The van der Waals surface area contributed by atoms with Gasteiger partial charge in [-0.15, -0.1) is 0 Å². The summed E-state index contributed by atoms with van der Waals surface area (Å²) in [5, 5.41) is 49.7. The van der Waals surface area contributed by atoms with Crippen LogP contribution in [0.5, 0.6) is 11.5 Å². The summed E-state index contributed by atoms with van der Waals surface area (Å²) in [6, 6.07) is 6.12. The van der Waals surface area contributed by atoms with Crippen LogP contribution < -0.4 is 5.56 Å². The highest BCUT2D eigenvalue weighted by atomic mass is 16.6. The Labute approximate surface area is 175 Å². The number of aromatic hydroxyl groups is 2. The molecule has 2 rings (SSSR count). The van der Waals surface area contributed by atoms with Gasteiger partial charge in [-0.1, -0.05) is 11.8 Å². The van der Waals surface area contributed by atoms with E-state index < -0.39 is 44.9 Å². The number of aromatic nitrogens is 1. The van der Waals surface area contributed by atoms with Crippen LogP contribution in [0.4, 0.5) is 5.69 Å². The molecule has 0 bridgehead atoms. The highest BCUT2D eigenvalue weighted by molar-refractivity contribution is 6.03. The number of rotatable bonds is 4. The molecule has 0 saturated carbocycles. The average molecular weight is 424 g/mol. The van der Waals surface area contributed by atoms with Gasteiger partial charge in [0.25, 0.3) is 11.5 Å². The predicted octanol–water partition coefficient (Wildman–Crippen LogP) is 1.01. The number of hydrogen-bond donors (Lipinski definition) is 3. The molecule has 0 aliphatic rings. The maximum Gasteiger partial charge on any atom is 0.315 e. The molecular weight excluding hydrogens is 408 g/mol. The highest BCUT2D eigenvalue weighted by Gasteiger charge is 2.24. The molecule has 1 amide bonds. The van der Waals surface area contributed by atoms with Crippen molar-refractivity contribution in [1.82, 2.24) is 9.47 Å². The van der Waals surface area contributed by atoms with E-state index in [0.717, 1.165) is 11.0 Å². The summed E-state index contributed by atoms with van der Waals surface area (Å²) >= 11 is 0. The van der Waals surface area contributed by atoms with Gasteiger partial charge in [-0.3, -0.25) is 19.7 Å². The minimum absolute atomic E-state index is 0.198. The van der Waals surface area contributed by atoms with Crippen molar-refractivity contribution in [1.29, 1.82) is 5.26 Å². The van der Waals surface area contributed by atoms with Gasteiger partial charge in [0.15, 0.2) is 11.3 Å². The smallest absolute Gasteiger partial charge is 0.315 e. The fourth-order valence-electron chi connectivity index (χ4n) is 2.43. The lowest BCUT2D eigenvalue weighted by Gasteiger charge is -2.14. The normalized spacial score (nSPS) is 10.9. The molecule has 1 aromatic carbocycles. The van der Waals surface area contributed by atoms with Crippen LogP contribution in [-0.2, 0) is 11.8 Å². The third kappa shape index (κ3) is 4.81. The zero-order valence-corrected chi connectivity index (χ0v) is 16.4. The lowest BCUT2D eigenvalue weighted by atomic mass is 10.1. The number of carbonyl (C=O) groups is 1. The first-order chi connectivity index (χ1) is 14.6. The zero-order chi connectivity index (χ0) is 23.3. The number of aliphatic hydroxyl groups excluding tert-OH is 1. The van der Waals surface area contributed by atoms with Gasteiger partial charge in [0.2, 0.25) is 5.75 Å². The second kappa shape index (κ2) is 9.15. The quantitative estimate of drug-likeness (QED) is 0.124. The number of phenolic OH excluding ortho intramolecular Hbond substituents is 2. The Morgan fingerprint density at radius 2 is 2.03 bits per heavy atom. The molecule has 158 valence electrons. The second-order valence-electron chi connectivity index (χ2n) is 6.26. The van der Waals surface area contributed by atoms with E-state index in [1.807, 2.05) is 0 Å². The maximum absolute atomic E-state index is 12.5. The van der Waals surface area contributed by atoms with Gasteiger partial charge >= 0.3 is 5.69 Å². The third-order valence-corrected chi connectivity index (χ3v) is 4.11. The summed E-state index contributed by atoms with van der Waals surface area (Å²) in [6.07, 6.45) is 1.56. The molecule has 1 heterocycles. The van der Waals surface area contributed by atoms with Gasteiger partial charge in [0.1, 0.15) is 11.8 Å². The summed E-state index contributed by atoms with van der Waals surface area (Å²) in [5.41, 5.74) is -2.22. The fourth-order valence-corrected chi connectivity index (χ4v) is 2.43. The van der Waals surface area contributed by atoms with Crippen molar-refractivity contribution in [2.24, 2.45) is 7.05 Å². The number of nitriles is 1. The van der Waals surface area contributed by atoms with E-state index in [-0.39, 0.29) is 17.7 Å². The van der Waals surface area contributed by atoms with E-state index in [1.54, 1.807) is 19.3 Å². The molecule has 1 aromatic heterocycles. The number of nitro groups is 1. The van der Waals surface area contributed by atoms with Crippen LogP contribution in [-0.4, -0.2) is 49.2 Å². The van der Waals surface area contributed by atoms with Crippen molar-refractivity contribution < 1.29 is 25.0 Å². The number of benzene rings is 1. The van der Waals surface area contributed by atoms with Crippen molar-refractivity contribution in [2.75, 3.05) is 13.6 Å².